The first-order valence-corrected chi connectivity index (χ1v) is 8.46. The van der Waals surface area contributed by atoms with Crippen LogP contribution < -0.4 is 5.73 Å². The Morgan fingerprint density at radius 1 is 1.04 bits per heavy atom. The summed E-state index contributed by atoms with van der Waals surface area (Å²) in [6, 6.07) is 17.9. The maximum absolute atomic E-state index is 13.1. The van der Waals surface area contributed by atoms with E-state index in [9.17, 15) is 9.65 Å². The fourth-order valence-corrected chi connectivity index (χ4v) is 2.86. The van der Waals surface area contributed by atoms with Gasteiger partial charge in [-0.15, -0.1) is 11.8 Å². The zero-order chi connectivity index (χ0) is 17.1. The minimum atomic E-state index is -0.312. The topological polar surface area (TPSA) is 62.7 Å². The number of thioether (sulfide) groups is 1. The maximum Gasteiger partial charge on any atom is 0.142 e. The second-order valence-electron chi connectivity index (χ2n) is 5.16. The van der Waals surface area contributed by atoms with E-state index in [0.29, 0.717) is 11.3 Å². The van der Waals surface area contributed by atoms with Gasteiger partial charge in [-0.05, 0) is 54.3 Å². The summed E-state index contributed by atoms with van der Waals surface area (Å²) >= 11 is 1.65. The molecule has 5 heteroatoms. The smallest absolute Gasteiger partial charge is 0.142 e. The van der Waals surface area contributed by atoms with Gasteiger partial charge in [0.05, 0.1) is 5.69 Å². The highest BCUT2D eigenvalue weighted by molar-refractivity contribution is 7.98. The van der Waals surface area contributed by atoms with Crippen LogP contribution in [0.25, 0.3) is 22.4 Å². The van der Waals surface area contributed by atoms with Gasteiger partial charge in [-0.1, -0.05) is 12.1 Å². The lowest BCUT2D eigenvalue weighted by atomic mass is 9.98. The molecular weight excluding hydrogens is 321 g/mol. The maximum atomic E-state index is 13.1. The molecular formula is C19H14FN3S. The van der Waals surface area contributed by atoms with Gasteiger partial charge in [0.25, 0.3) is 0 Å². The van der Waals surface area contributed by atoms with Crippen LogP contribution in [0.2, 0.25) is 0 Å². The SMILES string of the molecule is CSc1ccc(-c2cc(-c3ccc(F)cc3)nc(N)c2C#N)cc1. The van der Waals surface area contributed by atoms with Crippen molar-refractivity contribution in [2.24, 2.45) is 0 Å². The molecule has 0 atom stereocenters. The summed E-state index contributed by atoms with van der Waals surface area (Å²) < 4.78 is 13.1. The number of halogens is 1. The molecule has 0 bridgehead atoms. The molecule has 2 N–H and O–H groups in total. The number of nitrogen functional groups attached to an aromatic ring is 1. The summed E-state index contributed by atoms with van der Waals surface area (Å²) in [5.41, 5.74) is 9.29. The van der Waals surface area contributed by atoms with E-state index in [2.05, 4.69) is 11.1 Å². The number of nitrogens with two attached hydrogens (primary N) is 1. The molecule has 1 aromatic heterocycles. The molecule has 0 saturated carbocycles. The average molecular weight is 335 g/mol. The Balaban J connectivity index is 2.16. The molecule has 118 valence electrons. The summed E-state index contributed by atoms with van der Waals surface area (Å²) in [5, 5.41) is 9.44. The van der Waals surface area contributed by atoms with E-state index in [1.807, 2.05) is 36.6 Å². The highest BCUT2D eigenvalue weighted by atomic mass is 32.2. The van der Waals surface area contributed by atoms with Crippen molar-refractivity contribution >= 4 is 17.6 Å². The Kier molecular flexibility index (Phi) is 4.50. The van der Waals surface area contributed by atoms with E-state index in [4.69, 9.17) is 5.73 Å². The average Bonchev–Trinajstić information content (AvgIpc) is 2.61. The van der Waals surface area contributed by atoms with E-state index < -0.39 is 0 Å². The largest absolute Gasteiger partial charge is 0.383 e. The number of nitrogens with zero attached hydrogens (tertiary/aromatic N) is 2. The van der Waals surface area contributed by atoms with Crippen LogP contribution in [0.3, 0.4) is 0 Å². The molecule has 0 aliphatic heterocycles. The number of anilines is 1. The highest BCUT2D eigenvalue weighted by Crippen LogP contribution is 2.32. The van der Waals surface area contributed by atoms with Crippen molar-refractivity contribution in [3.05, 3.63) is 66.0 Å². The van der Waals surface area contributed by atoms with E-state index in [0.717, 1.165) is 21.6 Å². The van der Waals surface area contributed by atoms with Crippen molar-refractivity contribution in [1.82, 2.24) is 4.98 Å². The van der Waals surface area contributed by atoms with Crippen LogP contribution in [-0.2, 0) is 0 Å². The van der Waals surface area contributed by atoms with Crippen molar-refractivity contribution in [1.29, 1.82) is 5.26 Å². The quantitative estimate of drug-likeness (QED) is 0.703. The van der Waals surface area contributed by atoms with E-state index in [-0.39, 0.29) is 11.6 Å². The first-order chi connectivity index (χ1) is 11.6. The summed E-state index contributed by atoms with van der Waals surface area (Å²) in [5.74, 6) is -0.142. The Labute approximate surface area is 144 Å². The van der Waals surface area contributed by atoms with Crippen molar-refractivity contribution in [3.8, 4) is 28.5 Å². The summed E-state index contributed by atoms with van der Waals surface area (Å²) in [6.45, 7) is 0. The lowest BCUT2D eigenvalue weighted by Crippen LogP contribution is -1.99. The zero-order valence-corrected chi connectivity index (χ0v) is 13.8. The van der Waals surface area contributed by atoms with Gasteiger partial charge in [0.15, 0.2) is 0 Å². The molecule has 0 radical (unpaired) electrons. The second kappa shape index (κ2) is 6.73. The Morgan fingerprint density at radius 2 is 1.67 bits per heavy atom. The van der Waals surface area contributed by atoms with Gasteiger partial charge in [0.2, 0.25) is 0 Å². The first kappa shape index (κ1) is 16.0. The molecule has 24 heavy (non-hydrogen) atoms. The molecule has 0 aliphatic rings. The van der Waals surface area contributed by atoms with Gasteiger partial charge in [-0.3, -0.25) is 0 Å². The Morgan fingerprint density at radius 3 is 2.25 bits per heavy atom. The number of benzene rings is 2. The van der Waals surface area contributed by atoms with E-state index in [1.165, 1.54) is 12.1 Å². The predicted molar refractivity (Wildman–Crippen MR) is 96.0 cm³/mol. The molecule has 3 aromatic rings. The molecule has 0 saturated heterocycles. The number of hydrogen-bond acceptors (Lipinski definition) is 4. The lowest BCUT2D eigenvalue weighted by Gasteiger charge is -2.10. The van der Waals surface area contributed by atoms with Crippen LogP contribution in [0.4, 0.5) is 10.2 Å². The fraction of sp³-hybridized carbons (Fsp3) is 0.0526. The number of hydrogen-bond donors (Lipinski definition) is 1. The Bertz CT molecular complexity index is 913. The molecule has 0 unspecified atom stereocenters. The van der Waals surface area contributed by atoms with Gasteiger partial charge < -0.3 is 5.73 Å². The van der Waals surface area contributed by atoms with Crippen LogP contribution >= 0.6 is 11.8 Å². The third kappa shape index (κ3) is 3.10. The summed E-state index contributed by atoms with van der Waals surface area (Å²) in [6.07, 6.45) is 2.01. The molecule has 3 rings (SSSR count). The van der Waals surface area contributed by atoms with Crippen molar-refractivity contribution < 1.29 is 4.39 Å². The number of nitriles is 1. The Hall–Kier alpha value is -2.84. The highest BCUT2D eigenvalue weighted by Gasteiger charge is 2.13. The summed E-state index contributed by atoms with van der Waals surface area (Å²) in [7, 11) is 0. The van der Waals surface area contributed by atoms with Crippen molar-refractivity contribution in [3.63, 3.8) is 0 Å². The van der Waals surface area contributed by atoms with E-state index in [1.54, 1.807) is 23.9 Å². The molecule has 0 fully saturated rings. The third-order valence-electron chi connectivity index (χ3n) is 3.70. The zero-order valence-electron chi connectivity index (χ0n) is 13.0. The van der Waals surface area contributed by atoms with E-state index >= 15 is 0 Å². The van der Waals surface area contributed by atoms with Crippen molar-refractivity contribution in [2.75, 3.05) is 12.0 Å². The molecule has 0 aliphatic carbocycles. The number of pyridine rings is 1. The second-order valence-corrected chi connectivity index (χ2v) is 6.04. The lowest BCUT2D eigenvalue weighted by molar-refractivity contribution is 0.628. The van der Waals surface area contributed by atoms with Crippen molar-refractivity contribution in [2.45, 2.75) is 4.90 Å². The molecule has 0 amide bonds. The fourth-order valence-electron chi connectivity index (χ4n) is 2.45. The minimum absolute atomic E-state index is 0.170. The predicted octanol–water partition coefficient (Wildman–Crippen LogP) is 4.73. The molecule has 1 heterocycles. The molecule has 2 aromatic carbocycles. The number of aromatic nitrogens is 1. The van der Waals surface area contributed by atoms with Crippen LogP contribution in [0, 0.1) is 17.1 Å². The third-order valence-corrected chi connectivity index (χ3v) is 4.44. The molecule has 0 spiro atoms. The first-order valence-electron chi connectivity index (χ1n) is 7.23. The van der Waals surface area contributed by atoms with Gasteiger partial charge in [-0.25, -0.2) is 9.37 Å². The van der Waals surface area contributed by atoms with Crippen LogP contribution in [-0.4, -0.2) is 11.2 Å². The minimum Gasteiger partial charge on any atom is -0.383 e. The van der Waals surface area contributed by atoms with Gasteiger partial charge in [-0.2, -0.15) is 5.26 Å². The monoisotopic (exact) mass is 335 g/mol. The molecule has 3 nitrogen and oxygen atoms in total. The number of rotatable bonds is 3. The standard InChI is InChI=1S/C19H14FN3S/c1-24-15-8-4-12(5-9-15)16-10-18(23-19(22)17(16)11-21)13-2-6-14(20)7-3-13/h2-10H,1H3,(H2,22,23). The summed E-state index contributed by atoms with van der Waals surface area (Å²) in [4.78, 5) is 5.43. The van der Waals surface area contributed by atoms with Crippen LogP contribution in [0.5, 0.6) is 0 Å². The van der Waals surface area contributed by atoms with Crippen LogP contribution in [0.15, 0.2) is 59.5 Å². The normalized spacial score (nSPS) is 10.4. The van der Waals surface area contributed by atoms with Crippen LogP contribution in [0.1, 0.15) is 5.56 Å². The van der Waals surface area contributed by atoms with Gasteiger partial charge in [0, 0.05) is 16.0 Å². The van der Waals surface area contributed by atoms with Gasteiger partial charge in [0.1, 0.15) is 23.3 Å². The van der Waals surface area contributed by atoms with Gasteiger partial charge >= 0.3 is 0 Å².